The maximum atomic E-state index is 13.9. The van der Waals surface area contributed by atoms with Crippen molar-refractivity contribution in [1.29, 1.82) is 0 Å². The van der Waals surface area contributed by atoms with Crippen molar-refractivity contribution in [2.45, 2.75) is 31.6 Å². The zero-order chi connectivity index (χ0) is 20.2. The standard InChI is InChI=1S/C19H23F2NO4S/c1-13-5-8-16(9-6-13)27(23,24)22(12-18(25-3)26-4)11-15-7-10-17(20)19(21)14(15)2/h5-10,18H,11-12H2,1-4H3. The number of aryl methyl sites for hydroxylation is 1. The van der Waals surface area contributed by atoms with Gasteiger partial charge >= 0.3 is 0 Å². The Labute approximate surface area is 158 Å². The summed E-state index contributed by atoms with van der Waals surface area (Å²) < 4.78 is 65.0. The van der Waals surface area contributed by atoms with Crippen molar-refractivity contribution in [2.75, 3.05) is 20.8 Å². The molecule has 148 valence electrons. The van der Waals surface area contributed by atoms with Crippen molar-refractivity contribution in [3.63, 3.8) is 0 Å². The number of nitrogens with zero attached hydrogens (tertiary/aromatic N) is 1. The molecule has 0 N–H and O–H groups in total. The Morgan fingerprint density at radius 3 is 2.15 bits per heavy atom. The summed E-state index contributed by atoms with van der Waals surface area (Å²) in [5.41, 5.74) is 1.34. The molecule has 0 saturated heterocycles. The van der Waals surface area contributed by atoms with E-state index in [0.29, 0.717) is 5.56 Å². The van der Waals surface area contributed by atoms with Crippen LogP contribution in [0.4, 0.5) is 8.78 Å². The SMILES string of the molecule is COC(CN(Cc1ccc(F)c(F)c1C)S(=O)(=O)c1ccc(C)cc1)OC. The lowest BCUT2D eigenvalue weighted by Crippen LogP contribution is -2.38. The number of hydrogen-bond acceptors (Lipinski definition) is 4. The van der Waals surface area contributed by atoms with E-state index in [-0.39, 0.29) is 23.5 Å². The fourth-order valence-corrected chi connectivity index (χ4v) is 3.98. The van der Waals surface area contributed by atoms with E-state index in [9.17, 15) is 17.2 Å². The molecule has 0 fully saturated rings. The van der Waals surface area contributed by atoms with Gasteiger partial charge in [0.1, 0.15) is 0 Å². The predicted molar refractivity (Wildman–Crippen MR) is 97.7 cm³/mol. The smallest absolute Gasteiger partial charge is 0.243 e. The van der Waals surface area contributed by atoms with Crippen molar-refractivity contribution < 1.29 is 26.7 Å². The van der Waals surface area contributed by atoms with Gasteiger partial charge < -0.3 is 9.47 Å². The summed E-state index contributed by atoms with van der Waals surface area (Å²) in [4.78, 5) is 0.0966. The summed E-state index contributed by atoms with van der Waals surface area (Å²) in [6.07, 6.45) is -0.809. The highest BCUT2D eigenvalue weighted by molar-refractivity contribution is 7.89. The molecule has 0 aliphatic heterocycles. The van der Waals surface area contributed by atoms with Crippen molar-refractivity contribution >= 4 is 10.0 Å². The molecular formula is C19H23F2NO4S. The Morgan fingerprint density at radius 2 is 1.59 bits per heavy atom. The normalized spacial score (nSPS) is 12.1. The van der Waals surface area contributed by atoms with Crippen LogP contribution in [0.1, 0.15) is 16.7 Å². The van der Waals surface area contributed by atoms with E-state index in [1.165, 1.54) is 39.3 Å². The van der Waals surface area contributed by atoms with Gasteiger partial charge in [-0.1, -0.05) is 23.8 Å². The highest BCUT2D eigenvalue weighted by Crippen LogP contribution is 2.23. The average Bonchev–Trinajstić information content (AvgIpc) is 2.65. The third-order valence-corrected chi connectivity index (χ3v) is 6.16. The third-order valence-electron chi connectivity index (χ3n) is 4.34. The predicted octanol–water partition coefficient (Wildman–Crippen LogP) is 3.39. The summed E-state index contributed by atoms with van der Waals surface area (Å²) >= 11 is 0. The maximum Gasteiger partial charge on any atom is 0.243 e. The lowest BCUT2D eigenvalue weighted by Gasteiger charge is -2.26. The molecule has 0 aromatic heterocycles. The minimum absolute atomic E-state index is 0.0606. The topological polar surface area (TPSA) is 55.8 Å². The Kier molecular flexibility index (Phi) is 7.05. The van der Waals surface area contributed by atoms with E-state index >= 15 is 0 Å². The minimum Gasteiger partial charge on any atom is -0.354 e. The second kappa shape index (κ2) is 8.88. The fourth-order valence-electron chi connectivity index (χ4n) is 2.57. The summed E-state index contributed by atoms with van der Waals surface area (Å²) in [6, 6.07) is 8.75. The second-order valence-electron chi connectivity index (χ2n) is 6.16. The van der Waals surface area contributed by atoms with Gasteiger partial charge in [0.25, 0.3) is 0 Å². The number of sulfonamides is 1. The molecule has 5 nitrogen and oxygen atoms in total. The molecule has 2 aromatic rings. The Balaban J connectivity index is 2.45. The first kappa shape index (κ1) is 21.4. The van der Waals surface area contributed by atoms with Crippen molar-refractivity contribution in [2.24, 2.45) is 0 Å². The Morgan fingerprint density at radius 1 is 1.00 bits per heavy atom. The van der Waals surface area contributed by atoms with Crippen LogP contribution in [0.3, 0.4) is 0 Å². The lowest BCUT2D eigenvalue weighted by molar-refractivity contribution is -0.108. The van der Waals surface area contributed by atoms with E-state index in [2.05, 4.69) is 0 Å². The lowest BCUT2D eigenvalue weighted by atomic mass is 10.1. The van der Waals surface area contributed by atoms with Crippen molar-refractivity contribution in [1.82, 2.24) is 4.31 Å². The molecule has 0 spiro atoms. The molecule has 0 saturated carbocycles. The molecule has 0 radical (unpaired) electrons. The van der Waals surface area contributed by atoms with Crippen LogP contribution in [0.5, 0.6) is 0 Å². The molecule has 0 heterocycles. The summed E-state index contributed by atoms with van der Waals surface area (Å²) in [5, 5.41) is 0. The van der Waals surface area contributed by atoms with E-state index in [0.717, 1.165) is 15.9 Å². The van der Waals surface area contributed by atoms with Crippen LogP contribution in [0, 0.1) is 25.5 Å². The zero-order valence-electron chi connectivity index (χ0n) is 15.7. The summed E-state index contributed by atoms with van der Waals surface area (Å²) in [7, 11) is -1.12. The summed E-state index contributed by atoms with van der Waals surface area (Å²) in [6.45, 7) is 3.00. The van der Waals surface area contributed by atoms with Crippen LogP contribution in [0.15, 0.2) is 41.3 Å². The molecule has 0 amide bonds. The number of hydrogen-bond donors (Lipinski definition) is 0. The fraction of sp³-hybridized carbons (Fsp3) is 0.368. The third kappa shape index (κ3) is 4.90. The van der Waals surface area contributed by atoms with Gasteiger partial charge in [-0.15, -0.1) is 0 Å². The molecule has 0 aliphatic carbocycles. The monoisotopic (exact) mass is 399 g/mol. The molecular weight excluding hydrogens is 376 g/mol. The highest BCUT2D eigenvalue weighted by Gasteiger charge is 2.28. The van der Waals surface area contributed by atoms with Gasteiger partial charge in [-0.25, -0.2) is 17.2 Å². The molecule has 2 rings (SSSR count). The molecule has 2 aromatic carbocycles. The molecule has 0 atom stereocenters. The first-order valence-corrected chi connectivity index (χ1v) is 9.70. The van der Waals surface area contributed by atoms with Gasteiger partial charge in [-0.05, 0) is 43.2 Å². The maximum absolute atomic E-state index is 13.9. The van der Waals surface area contributed by atoms with Crippen LogP contribution in [0.25, 0.3) is 0 Å². The first-order chi connectivity index (χ1) is 12.7. The van der Waals surface area contributed by atoms with Gasteiger partial charge in [-0.3, -0.25) is 0 Å². The molecule has 27 heavy (non-hydrogen) atoms. The number of halogens is 2. The van der Waals surface area contributed by atoms with Crippen LogP contribution in [-0.4, -0.2) is 39.8 Å². The number of rotatable bonds is 8. The van der Waals surface area contributed by atoms with E-state index in [1.54, 1.807) is 12.1 Å². The molecule has 0 aliphatic rings. The Hall–Kier alpha value is -1.87. The largest absolute Gasteiger partial charge is 0.354 e. The molecule has 0 bridgehead atoms. The number of methoxy groups -OCH3 is 2. The van der Waals surface area contributed by atoms with E-state index in [4.69, 9.17) is 9.47 Å². The highest BCUT2D eigenvalue weighted by atomic mass is 32.2. The number of ether oxygens (including phenoxy) is 2. The van der Waals surface area contributed by atoms with Gasteiger partial charge in [0.05, 0.1) is 11.4 Å². The van der Waals surface area contributed by atoms with Crippen LogP contribution in [0.2, 0.25) is 0 Å². The van der Waals surface area contributed by atoms with Gasteiger partial charge in [0, 0.05) is 20.8 Å². The van der Waals surface area contributed by atoms with Crippen LogP contribution in [-0.2, 0) is 26.0 Å². The van der Waals surface area contributed by atoms with Gasteiger partial charge in [-0.2, -0.15) is 4.31 Å². The quantitative estimate of drug-likeness (QED) is 0.639. The summed E-state index contributed by atoms with van der Waals surface area (Å²) in [5.74, 6) is -1.97. The van der Waals surface area contributed by atoms with Crippen LogP contribution >= 0.6 is 0 Å². The number of benzene rings is 2. The van der Waals surface area contributed by atoms with E-state index in [1.807, 2.05) is 6.92 Å². The van der Waals surface area contributed by atoms with Gasteiger partial charge in [0.2, 0.25) is 10.0 Å². The molecule has 0 unspecified atom stereocenters. The van der Waals surface area contributed by atoms with Gasteiger partial charge in [0.15, 0.2) is 17.9 Å². The second-order valence-corrected chi connectivity index (χ2v) is 8.10. The average molecular weight is 399 g/mol. The Bertz CT molecular complexity index is 881. The minimum atomic E-state index is -3.91. The van der Waals surface area contributed by atoms with E-state index < -0.39 is 27.9 Å². The zero-order valence-corrected chi connectivity index (χ0v) is 16.5. The first-order valence-electron chi connectivity index (χ1n) is 8.26. The van der Waals surface area contributed by atoms with Crippen LogP contribution < -0.4 is 0 Å². The van der Waals surface area contributed by atoms with Crippen molar-refractivity contribution in [3.05, 3.63) is 64.7 Å². The van der Waals surface area contributed by atoms with Crippen molar-refractivity contribution in [3.8, 4) is 0 Å². The molecule has 8 heteroatoms.